The van der Waals surface area contributed by atoms with Crippen molar-refractivity contribution in [2.75, 3.05) is 38.2 Å². The van der Waals surface area contributed by atoms with E-state index in [1.807, 2.05) is 19.2 Å². The first-order valence-electron chi connectivity index (χ1n) is 8.93. The zero-order chi connectivity index (χ0) is 17.1. The van der Waals surface area contributed by atoms with E-state index < -0.39 is 0 Å². The van der Waals surface area contributed by atoms with Gasteiger partial charge < -0.3 is 14.1 Å². The molecule has 8 nitrogen and oxygen atoms in total. The second-order valence-electron chi connectivity index (χ2n) is 6.85. The van der Waals surface area contributed by atoms with Gasteiger partial charge in [-0.3, -0.25) is 4.90 Å². The van der Waals surface area contributed by atoms with Crippen molar-refractivity contribution in [2.45, 2.75) is 37.8 Å². The number of likely N-dealkylation sites (N-methyl/N-ethyl adjacent to an activating group) is 1. The van der Waals surface area contributed by atoms with E-state index in [1.165, 1.54) is 19.3 Å². The van der Waals surface area contributed by atoms with Gasteiger partial charge in [-0.25, -0.2) is 0 Å². The lowest BCUT2D eigenvalue weighted by Gasteiger charge is -2.34. The van der Waals surface area contributed by atoms with Crippen LogP contribution in [-0.2, 0) is 11.3 Å². The van der Waals surface area contributed by atoms with Gasteiger partial charge in [0.2, 0.25) is 11.8 Å². The van der Waals surface area contributed by atoms with Gasteiger partial charge >= 0.3 is 0 Å². The van der Waals surface area contributed by atoms with Crippen molar-refractivity contribution in [2.24, 2.45) is 0 Å². The van der Waals surface area contributed by atoms with Crippen molar-refractivity contribution in [3.8, 4) is 0 Å². The summed E-state index contributed by atoms with van der Waals surface area (Å²) in [4.78, 5) is 4.39. The van der Waals surface area contributed by atoms with Crippen LogP contribution in [0.2, 0.25) is 0 Å². The Morgan fingerprint density at radius 1 is 1.28 bits per heavy atom. The summed E-state index contributed by atoms with van der Waals surface area (Å²) in [5.74, 6) is 2.86. The fourth-order valence-corrected chi connectivity index (χ4v) is 3.27. The number of rotatable bonds is 6. The Labute approximate surface area is 147 Å². The van der Waals surface area contributed by atoms with Gasteiger partial charge in [-0.05, 0) is 25.0 Å². The molecule has 1 aliphatic carbocycles. The Morgan fingerprint density at radius 2 is 2.20 bits per heavy atom. The zero-order valence-electron chi connectivity index (χ0n) is 14.5. The Bertz CT molecular complexity index is 675. The van der Waals surface area contributed by atoms with Crippen LogP contribution < -0.4 is 4.90 Å². The molecule has 0 radical (unpaired) electrons. The summed E-state index contributed by atoms with van der Waals surface area (Å²) in [6, 6.07) is 3.84. The molecule has 0 bridgehead atoms. The van der Waals surface area contributed by atoms with E-state index in [0.717, 1.165) is 31.3 Å². The molecule has 0 N–H and O–H groups in total. The summed E-state index contributed by atoms with van der Waals surface area (Å²) < 4.78 is 11.8. The van der Waals surface area contributed by atoms with Crippen molar-refractivity contribution in [1.82, 2.24) is 25.3 Å². The first-order valence-corrected chi connectivity index (χ1v) is 8.93. The SMILES string of the molecule is CN(C[C@@H]1CN(Cc2nnc(C3CCC3)o2)CCO1)c1cccnn1. The summed E-state index contributed by atoms with van der Waals surface area (Å²) >= 11 is 0. The first kappa shape index (κ1) is 16.4. The van der Waals surface area contributed by atoms with Crippen molar-refractivity contribution >= 4 is 5.82 Å². The van der Waals surface area contributed by atoms with Gasteiger partial charge in [0, 0.05) is 38.8 Å². The minimum absolute atomic E-state index is 0.120. The molecule has 1 aliphatic heterocycles. The lowest BCUT2D eigenvalue weighted by molar-refractivity contribution is -0.0289. The molecular weight excluding hydrogens is 320 g/mol. The summed E-state index contributed by atoms with van der Waals surface area (Å²) in [7, 11) is 2.01. The highest BCUT2D eigenvalue weighted by Crippen LogP contribution is 2.35. The number of nitrogens with zero attached hydrogens (tertiary/aromatic N) is 6. The predicted octanol–water partition coefficient (Wildman–Crippen LogP) is 1.46. The van der Waals surface area contributed by atoms with Crippen LogP contribution >= 0.6 is 0 Å². The van der Waals surface area contributed by atoms with E-state index >= 15 is 0 Å². The number of anilines is 1. The quantitative estimate of drug-likeness (QED) is 0.779. The normalized spacial score (nSPS) is 21.9. The lowest BCUT2D eigenvalue weighted by Crippen LogP contribution is -2.46. The number of morpholine rings is 1. The van der Waals surface area contributed by atoms with E-state index in [9.17, 15) is 0 Å². The second kappa shape index (κ2) is 7.45. The average molecular weight is 344 g/mol. The Hall–Kier alpha value is -2.06. The van der Waals surface area contributed by atoms with Crippen molar-refractivity contribution in [3.63, 3.8) is 0 Å². The molecule has 25 heavy (non-hydrogen) atoms. The van der Waals surface area contributed by atoms with E-state index in [1.54, 1.807) is 6.20 Å². The molecule has 0 unspecified atom stereocenters. The van der Waals surface area contributed by atoms with Crippen LogP contribution in [0.3, 0.4) is 0 Å². The minimum Gasteiger partial charge on any atom is -0.424 e. The smallest absolute Gasteiger partial charge is 0.230 e. The monoisotopic (exact) mass is 344 g/mol. The number of hydrogen-bond donors (Lipinski definition) is 0. The highest BCUT2D eigenvalue weighted by molar-refractivity contribution is 5.35. The van der Waals surface area contributed by atoms with Crippen LogP contribution in [0.1, 0.15) is 37.0 Å². The second-order valence-corrected chi connectivity index (χ2v) is 6.85. The maximum Gasteiger partial charge on any atom is 0.230 e. The standard InChI is InChI=1S/C17H24N6O2/c1-22(15-6-3-7-18-19-15)10-14-11-23(8-9-24-14)12-16-20-21-17(25-16)13-4-2-5-13/h3,6-7,13-14H,2,4-5,8-12H2,1H3/t14-/m1/s1. The van der Waals surface area contributed by atoms with Crippen LogP contribution in [-0.4, -0.2) is 64.7 Å². The zero-order valence-corrected chi connectivity index (χ0v) is 14.5. The van der Waals surface area contributed by atoms with Crippen molar-refractivity contribution in [1.29, 1.82) is 0 Å². The molecule has 8 heteroatoms. The minimum atomic E-state index is 0.120. The number of hydrogen-bond acceptors (Lipinski definition) is 8. The summed E-state index contributed by atoms with van der Waals surface area (Å²) in [5.41, 5.74) is 0. The highest BCUT2D eigenvalue weighted by Gasteiger charge is 2.27. The molecule has 4 rings (SSSR count). The van der Waals surface area contributed by atoms with Crippen molar-refractivity contribution < 1.29 is 9.15 Å². The topological polar surface area (TPSA) is 80.4 Å². The molecule has 1 atom stereocenters. The Balaban J connectivity index is 1.30. The summed E-state index contributed by atoms with van der Waals surface area (Å²) in [6.45, 7) is 3.89. The fraction of sp³-hybridized carbons (Fsp3) is 0.647. The van der Waals surface area contributed by atoms with Gasteiger partial charge in [0.15, 0.2) is 5.82 Å². The van der Waals surface area contributed by atoms with Gasteiger partial charge in [-0.2, -0.15) is 5.10 Å². The molecule has 2 aromatic heterocycles. The fourth-order valence-electron chi connectivity index (χ4n) is 3.27. The van der Waals surface area contributed by atoms with Crippen molar-refractivity contribution in [3.05, 3.63) is 30.1 Å². The molecule has 1 saturated heterocycles. The molecule has 0 spiro atoms. The molecule has 2 aromatic rings. The maximum absolute atomic E-state index is 5.91. The van der Waals surface area contributed by atoms with E-state index in [0.29, 0.717) is 25.0 Å². The first-order chi connectivity index (χ1) is 12.3. The molecule has 2 aliphatic rings. The van der Waals surface area contributed by atoms with Crippen LogP contribution in [0.5, 0.6) is 0 Å². The van der Waals surface area contributed by atoms with Crippen LogP contribution in [0.4, 0.5) is 5.82 Å². The number of ether oxygens (including phenoxy) is 1. The maximum atomic E-state index is 5.91. The molecule has 3 heterocycles. The molecule has 134 valence electrons. The van der Waals surface area contributed by atoms with Gasteiger partial charge in [-0.1, -0.05) is 6.42 Å². The summed E-state index contributed by atoms with van der Waals surface area (Å²) in [5, 5.41) is 16.5. The Kier molecular flexibility index (Phi) is 4.89. The lowest BCUT2D eigenvalue weighted by atomic mass is 9.85. The van der Waals surface area contributed by atoms with Gasteiger partial charge in [-0.15, -0.1) is 15.3 Å². The predicted molar refractivity (Wildman–Crippen MR) is 91.2 cm³/mol. The molecular formula is C17H24N6O2. The third kappa shape index (κ3) is 3.96. The highest BCUT2D eigenvalue weighted by atomic mass is 16.5. The third-order valence-electron chi connectivity index (χ3n) is 4.95. The van der Waals surface area contributed by atoms with Gasteiger partial charge in [0.25, 0.3) is 0 Å². The average Bonchev–Trinajstić information content (AvgIpc) is 3.02. The molecule has 0 aromatic carbocycles. The van der Waals surface area contributed by atoms with Crippen LogP contribution in [0.15, 0.2) is 22.7 Å². The molecule has 0 amide bonds. The van der Waals surface area contributed by atoms with Crippen LogP contribution in [0, 0.1) is 0 Å². The Morgan fingerprint density at radius 3 is 2.96 bits per heavy atom. The van der Waals surface area contributed by atoms with E-state index in [-0.39, 0.29) is 6.10 Å². The molecule has 1 saturated carbocycles. The van der Waals surface area contributed by atoms with Crippen LogP contribution in [0.25, 0.3) is 0 Å². The largest absolute Gasteiger partial charge is 0.424 e. The number of aromatic nitrogens is 4. The van der Waals surface area contributed by atoms with Gasteiger partial charge in [0.05, 0.1) is 19.3 Å². The van der Waals surface area contributed by atoms with E-state index in [2.05, 4.69) is 30.2 Å². The van der Waals surface area contributed by atoms with E-state index in [4.69, 9.17) is 9.15 Å². The third-order valence-corrected chi connectivity index (χ3v) is 4.95. The molecule has 2 fully saturated rings. The van der Waals surface area contributed by atoms with Gasteiger partial charge in [0.1, 0.15) is 0 Å². The summed E-state index contributed by atoms with van der Waals surface area (Å²) in [6.07, 6.45) is 5.42.